The van der Waals surface area contributed by atoms with Gasteiger partial charge in [-0.05, 0) is 44.4 Å². The fourth-order valence-corrected chi connectivity index (χ4v) is 2.87. The summed E-state index contributed by atoms with van der Waals surface area (Å²) in [4.78, 5) is 6.99. The second-order valence-electron chi connectivity index (χ2n) is 5.31. The third-order valence-electron chi connectivity index (χ3n) is 3.95. The minimum absolute atomic E-state index is 0.0804. The van der Waals surface area contributed by atoms with Crippen molar-refractivity contribution >= 4 is 5.82 Å². The lowest BCUT2D eigenvalue weighted by molar-refractivity contribution is 0.416. The normalized spacial score (nSPS) is 18.6. The fraction of sp³-hybridized carbons (Fsp3) is 0.667. The molecule has 1 aliphatic carbocycles. The molecule has 0 aromatic carbocycles. The van der Waals surface area contributed by atoms with Crippen molar-refractivity contribution in [1.29, 1.82) is 0 Å². The van der Waals surface area contributed by atoms with E-state index in [-0.39, 0.29) is 6.04 Å². The Labute approximate surface area is 110 Å². The molecule has 3 heteroatoms. The molecule has 2 N–H and O–H groups in total. The van der Waals surface area contributed by atoms with Crippen LogP contribution in [0.25, 0.3) is 0 Å². The Morgan fingerprint density at radius 1 is 1.39 bits per heavy atom. The molecular formula is C15H25N3. The summed E-state index contributed by atoms with van der Waals surface area (Å²) in [6.45, 7) is 5.27. The summed E-state index contributed by atoms with van der Waals surface area (Å²) in [7, 11) is 0. The summed E-state index contributed by atoms with van der Waals surface area (Å²) in [5, 5.41) is 0. The molecule has 0 radical (unpaired) electrons. The molecule has 0 spiro atoms. The van der Waals surface area contributed by atoms with Gasteiger partial charge in [-0.1, -0.05) is 19.3 Å². The SMILES string of the molecule is CCN(c1cc([C@@H](C)N)ccn1)C1CCCCC1. The van der Waals surface area contributed by atoms with Gasteiger partial charge in [-0.3, -0.25) is 0 Å². The van der Waals surface area contributed by atoms with E-state index in [2.05, 4.69) is 22.9 Å². The molecule has 0 bridgehead atoms. The van der Waals surface area contributed by atoms with Crippen LogP contribution in [0.5, 0.6) is 0 Å². The van der Waals surface area contributed by atoms with E-state index >= 15 is 0 Å². The monoisotopic (exact) mass is 247 g/mol. The van der Waals surface area contributed by atoms with E-state index in [4.69, 9.17) is 5.73 Å². The van der Waals surface area contributed by atoms with E-state index in [1.54, 1.807) is 0 Å². The van der Waals surface area contributed by atoms with Gasteiger partial charge in [0.25, 0.3) is 0 Å². The van der Waals surface area contributed by atoms with Crippen molar-refractivity contribution in [3.63, 3.8) is 0 Å². The lowest BCUT2D eigenvalue weighted by atomic mass is 9.94. The summed E-state index contributed by atoms with van der Waals surface area (Å²) in [6.07, 6.45) is 8.60. The van der Waals surface area contributed by atoms with Crippen molar-refractivity contribution in [1.82, 2.24) is 4.98 Å². The van der Waals surface area contributed by atoms with Crippen molar-refractivity contribution in [2.24, 2.45) is 5.73 Å². The van der Waals surface area contributed by atoms with Crippen LogP contribution in [-0.2, 0) is 0 Å². The first-order chi connectivity index (χ1) is 8.72. The van der Waals surface area contributed by atoms with Crippen LogP contribution in [0, 0.1) is 0 Å². The van der Waals surface area contributed by atoms with Gasteiger partial charge in [0.05, 0.1) is 0 Å². The van der Waals surface area contributed by atoms with Crippen LogP contribution in [0.4, 0.5) is 5.82 Å². The largest absolute Gasteiger partial charge is 0.354 e. The molecular weight excluding hydrogens is 222 g/mol. The first kappa shape index (κ1) is 13.3. The Morgan fingerprint density at radius 2 is 2.11 bits per heavy atom. The molecule has 1 atom stereocenters. The van der Waals surface area contributed by atoms with Gasteiger partial charge in [-0.25, -0.2) is 4.98 Å². The van der Waals surface area contributed by atoms with Crippen molar-refractivity contribution in [3.05, 3.63) is 23.9 Å². The van der Waals surface area contributed by atoms with E-state index in [1.807, 2.05) is 19.2 Å². The van der Waals surface area contributed by atoms with Gasteiger partial charge in [0.1, 0.15) is 5.82 Å². The molecule has 1 aromatic rings. The van der Waals surface area contributed by atoms with Crippen LogP contribution >= 0.6 is 0 Å². The molecule has 1 heterocycles. The van der Waals surface area contributed by atoms with Gasteiger partial charge in [-0.15, -0.1) is 0 Å². The van der Waals surface area contributed by atoms with Gasteiger partial charge < -0.3 is 10.6 Å². The van der Waals surface area contributed by atoms with E-state index in [0.717, 1.165) is 12.4 Å². The zero-order chi connectivity index (χ0) is 13.0. The Morgan fingerprint density at radius 3 is 2.72 bits per heavy atom. The lowest BCUT2D eigenvalue weighted by Crippen LogP contribution is -2.37. The molecule has 0 amide bonds. The summed E-state index contributed by atoms with van der Waals surface area (Å²) >= 11 is 0. The Kier molecular flexibility index (Phi) is 4.59. The van der Waals surface area contributed by atoms with Gasteiger partial charge in [0.2, 0.25) is 0 Å². The van der Waals surface area contributed by atoms with Gasteiger partial charge in [0, 0.05) is 24.8 Å². The lowest BCUT2D eigenvalue weighted by Gasteiger charge is -2.34. The smallest absolute Gasteiger partial charge is 0.129 e. The molecule has 0 unspecified atom stereocenters. The first-order valence-electron chi connectivity index (χ1n) is 7.20. The van der Waals surface area contributed by atoms with Gasteiger partial charge in [-0.2, -0.15) is 0 Å². The molecule has 2 rings (SSSR count). The maximum atomic E-state index is 5.96. The zero-order valence-corrected chi connectivity index (χ0v) is 11.6. The average molecular weight is 247 g/mol. The minimum Gasteiger partial charge on any atom is -0.354 e. The van der Waals surface area contributed by atoms with Gasteiger partial charge in [0.15, 0.2) is 0 Å². The summed E-state index contributed by atoms with van der Waals surface area (Å²) < 4.78 is 0. The van der Waals surface area contributed by atoms with Crippen LogP contribution in [0.2, 0.25) is 0 Å². The van der Waals surface area contributed by atoms with Crippen molar-refractivity contribution in [2.75, 3.05) is 11.4 Å². The van der Waals surface area contributed by atoms with Crippen molar-refractivity contribution in [2.45, 2.75) is 58.0 Å². The molecule has 18 heavy (non-hydrogen) atoms. The van der Waals surface area contributed by atoms with Crippen LogP contribution < -0.4 is 10.6 Å². The molecule has 0 saturated heterocycles. The van der Waals surface area contributed by atoms with E-state index < -0.39 is 0 Å². The predicted molar refractivity (Wildman–Crippen MR) is 76.7 cm³/mol. The number of nitrogens with zero attached hydrogens (tertiary/aromatic N) is 2. The zero-order valence-electron chi connectivity index (χ0n) is 11.6. The predicted octanol–water partition coefficient (Wildman–Crippen LogP) is 3.26. The Bertz CT molecular complexity index is 370. The molecule has 1 saturated carbocycles. The fourth-order valence-electron chi connectivity index (χ4n) is 2.87. The topological polar surface area (TPSA) is 42.1 Å². The number of pyridine rings is 1. The molecule has 1 aromatic heterocycles. The second-order valence-corrected chi connectivity index (χ2v) is 5.31. The van der Waals surface area contributed by atoms with E-state index in [9.17, 15) is 0 Å². The Balaban J connectivity index is 2.18. The van der Waals surface area contributed by atoms with Gasteiger partial charge >= 0.3 is 0 Å². The first-order valence-corrected chi connectivity index (χ1v) is 7.20. The molecule has 1 aliphatic rings. The molecule has 1 fully saturated rings. The average Bonchev–Trinajstić information content (AvgIpc) is 2.41. The molecule has 3 nitrogen and oxygen atoms in total. The molecule has 0 aliphatic heterocycles. The summed E-state index contributed by atoms with van der Waals surface area (Å²) in [5.74, 6) is 1.10. The highest BCUT2D eigenvalue weighted by Crippen LogP contribution is 2.27. The minimum atomic E-state index is 0.0804. The second kappa shape index (κ2) is 6.19. The summed E-state index contributed by atoms with van der Waals surface area (Å²) in [5.41, 5.74) is 7.13. The Hall–Kier alpha value is -1.09. The third kappa shape index (κ3) is 3.02. The van der Waals surface area contributed by atoms with E-state index in [0.29, 0.717) is 6.04 Å². The van der Waals surface area contributed by atoms with Crippen molar-refractivity contribution < 1.29 is 0 Å². The number of rotatable bonds is 4. The molecule has 100 valence electrons. The number of hydrogen-bond acceptors (Lipinski definition) is 3. The quantitative estimate of drug-likeness (QED) is 0.888. The maximum Gasteiger partial charge on any atom is 0.129 e. The van der Waals surface area contributed by atoms with E-state index in [1.165, 1.54) is 37.7 Å². The van der Waals surface area contributed by atoms with Crippen LogP contribution in [0.3, 0.4) is 0 Å². The van der Waals surface area contributed by atoms with Crippen molar-refractivity contribution in [3.8, 4) is 0 Å². The standard InChI is InChI=1S/C15H25N3/c1-3-18(14-7-5-4-6-8-14)15-11-13(12(2)16)9-10-17-15/h9-12,14H,3-8,16H2,1-2H3/t12-/m1/s1. The van der Waals surface area contributed by atoms with Crippen LogP contribution in [-0.4, -0.2) is 17.6 Å². The highest BCUT2D eigenvalue weighted by molar-refractivity contribution is 5.42. The number of anilines is 1. The highest BCUT2D eigenvalue weighted by atomic mass is 15.2. The highest BCUT2D eigenvalue weighted by Gasteiger charge is 2.21. The number of hydrogen-bond donors (Lipinski definition) is 1. The number of nitrogens with two attached hydrogens (primary N) is 1. The summed E-state index contributed by atoms with van der Waals surface area (Å²) in [6, 6.07) is 4.92. The third-order valence-corrected chi connectivity index (χ3v) is 3.95. The van der Waals surface area contributed by atoms with Crippen LogP contribution in [0.1, 0.15) is 57.6 Å². The van der Waals surface area contributed by atoms with Crippen LogP contribution in [0.15, 0.2) is 18.3 Å². The number of aromatic nitrogens is 1. The maximum absolute atomic E-state index is 5.96.